The molecule has 2 N–H and O–H groups in total. The number of fused-ring (bicyclic) bond motifs is 3. The number of carbonyl (C=O) groups excluding carboxylic acids is 2. The van der Waals surface area contributed by atoms with Crippen LogP contribution < -0.4 is 22.3 Å². The maximum absolute atomic E-state index is 13.8. The van der Waals surface area contributed by atoms with E-state index in [1.54, 1.807) is 18.6 Å². The van der Waals surface area contributed by atoms with Gasteiger partial charge in [-0.15, -0.1) is 0 Å². The molecule has 0 unspecified atom stereocenters. The zero-order valence-corrected chi connectivity index (χ0v) is 22.8. The zero-order chi connectivity index (χ0) is 24.3. The number of hydrogen-bond acceptors (Lipinski definition) is 6. The molecule has 8 nitrogen and oxygen atoms in total. The van der Waals surface area contributed by atoms with Crippen LogP contribution in [-0.4, -0.2) is 69.3 Å². The number of esters is 1. The summed E-state index contributed by atoms with van der Waals surface area (Å²) in [7, 11) is 0. The number of rotatable bonds is 7. The third kappa shape index (κ3) is 5.78. The van der Waals surface area contributed by atoms with Gasteiger partial charge < -0.3 is 36.6 Å². The molecule has 0 spiro atoms. The van der Waals surface area contributed by atoms with Crippen molar-refractivity contribution in [1.82, 2.24) is 9.97 Å². The summed E-state index contributed by atoms with van der Waals surface area (Å²) >= 11 is 0. The molecule has 2 saturated carbocycles. The molecule has 1 aromatic rings. The van der Waals surface area contributed by atoms with Crippen LogP contribution in [0, 0.1) is 17.8 Å². The summed E-state index contributed by atoms with van der Waals surface area (Å²) in [6, 6.07) is 0. The second kappa shape index (κ2) is 11.9. The first-order valence-electron chi connectivity index (χ1n) is 13.8. The van der Waals surface area contributed by atoms with Gasteiger partial charge in [-0.2, -0.15) is 0 Å². The van der Waals surface area contributed by atoms with E-state index in [1.807, 2.05) is 0 Å². The van der Waals surface area contributed by atoms with Crippen LogP contribution in [0.15, 0.2) is 18.6 Å². The smallest absolute Gasteiger partial charge is 0.339 e. The average Bonchev–Trinajstić information content (AvgIpc) is 2.90. The van der Waals surface area contributed by atoms with Gasteiger partial charge in [-0.1, -0.05) is 38.5 Å². The number of carbonyl (C=O) groups is 2. The Balaban J connectivity index is 0.00000304. The Bertz CT molecular complexity index is 863. The second-order valence-corrected chi connectivity index (χ2v) is 11.5. The lowest BCUT2D eigenvalue weighted by atomic mass is 9.66. The average molecular weight is 566 g/mol. The molecular formula is C27H41BrN4O4. The summed E-state index contributed by atoms with van der Waals surface area (Å²) in [4.78, 5) is 34.8. The molecule has 5 aliphatic rings. The van der Waals surface area contributed by atoms with Gasteiger partial charge in [0.25, 0.3) is 5.91 Å². The molecule has 3 saturated heterocycles. The standard InChI is InChI=1S/C27H40N4O4.BrH/c32-25(30-24-17-28-13-14-29-24)19-31-15-11-20(12-16-31)23(18-31)35-26(33)27(34,21-7-3-1-4-8-21)22-9-5-2-6-10-22;/h13-14,17,20-23,34H,1-12,15-16,18-19H2;1H/t20?,23-,31?;/m0./s1. The molecule has 6 rings (SSSR count). The van der Waals surface area contributed by atoms with Crippen LogP contribution in [0.25, 0.3) is 0 Å². The Morgan fingerprint density at radius 3 is 2.14 bits per heavy atom. The molecule has 1 atom stereocenters. The topological polar surface area (TPSA) is 101 Å². The minimum Gasteiger partial charge on any atom is -1.00 e. The molecule has 0 aromatic carbocycles. The predicted octanol–water partition coefficient (Wildman–Crippen LogP) is 0.463. The fourth-order valence-corrected chi connectivity index (χ4v) is 7.41. The number of aromatic nitrogens is 2. The molecular weight excluding hydrogens is 524 g/mol. The van der Waals surface area contributed by atoms with Crippen LogP contribution in [0.1, 0.15) is 77.0 Å². The van der Waals surface area contributed by atoms with Crippen LogP contribution in [0.3, 0.4) is 0 Å². The van der Waals surface area contributed by atoms with Crippen LogP contribution in [0.4, 0.5) is 5.82 Å². The maximum atomic E-state index is 13.8. The molecule has 2 bridgehead atoms. The van der Waals surface area contributed by atoms with Gasteiger partial charge in [0, 0.05) is 31.2 Å². The van der Waals surface area contributed by atoms with Crippen molar-refractivity contribution in [1.29, 1.82) is 0 Å². The van der Waals surface area contributed by atoms with Gasteiger partial charge in [0.15, 0.2) is 24.1 Å². The third-order valence-electron chi connectivity index (χ3n) is 9.39. The summed E-state index contributed by atoms with van der Waals surface area (Å²) in [6.45, 7) is 2.83. The van der Waals surface area contributed by atoms with Crippen LogP contribution in [-0.2, 0) is 14.3 Å². The van der Waals surface area contributed by atoms with E-state index in [1.165, 1.54) is 12.8 Å². The van der Waals surface area contributed by atoms with Crippen molar-refractivity contribution in [2.45, 2.75) is 88.8 Å². The Kier molecular flexibility index (Phi) is 9.05. The second-order valence-electron chi connectivity index (χ2n) is 11.5. The Morgan fingerprint density at radius 1 is 0.972 bits per heavy atom. The van der Waals surface area contributed by atoms with Crippen LogP contribution in [0.5, 0.6) is 0 Å². The quantitative estimate of drug-likeness (QED) is 0.368. The molecule has 4 heterocycles. The largest absolute Gasteiger partial charge is 1.00 e. The lowest BCUT2D eigenvalue weighted by molar-refractivity contribution is -0.939. The summed E-state index contributed by atoms with van der Waals surface area (Å²) in [5.74, 6) is 0.330. The lowest BCUT2D eigenvalue weighted by Crippen LogP contribution is -3.00. The van der Waals surface area contributed by atoms with Crippen molar-refractivity contribution in [3.63, 3.8) is 0 Å². The zero-order valence-electron chi connectivity index (χ0n) is 21.2. The van der Waals surface area contributed by atoms with Crippen molar-refractivity contribution >= 4 is 17.7 Å². The molecule has 3 aliphatic heterocycles. The summed E-state index contributed by atoms with van der Waals surface area (Å²) in [5, 5.41) is 14.9. The number of piperidine rings is 3. The minimum absolute atomic E-state index is 0. The number of amides is 1. The minimum atomic E-state index is -1.36. The predicted molar refractivity (Wildman–Crippen MR) is 131 cm³/mol. The van der Waals surface area contributed by atoms with Crippen LogP contribution in [0.2, 0.25) is 0 Å². The van der Waals surface area contributed by atoms with E-state index < -0.39 is 5.60 Å². The normalized spacial score (nSPS) is 29.2. The number of anilines is 1. The van der Waals surface area contributed by atoms with Gasteiger partial charge in [-0.3, -0.25) is 9.78 Å². The highest BCUT2D eigenvalue weighted by Crippen LogP contribution is 2.45. The number of ether oxygens (including phenoxy) is 1. The number of nitrogens with one attached hydrogen (secondary N) is 1. The Morgan fingerprint density at radius 2 is 1.58 bits per heavy atom. The number of nitrogens with zero attached hydrogens (tertiary/aromatic N) is 3. The summed E-state index contributed by atoms with van der Waals surface area (Å²) in [6.07, 6.45) is 16.7. The molecule has 0 radical (unpaired) electrons. The monoisotopic (exact) mass is 564 g/mol. The number of hydrogen-bond donors (Lipinski definition) is 2. The maximum Gasteiger partial charge on any atom is 0.339 e. The molecule has 200 valence electrons. The molecule has 2 aliphatic carbocycles. The third-order valence-corrected chi connectivity index (χ3v) is 9.39. The van der Waals surface area contributed by atoms with E-state index in [-0.39, 0.29) is 46.8 Å². The Labute approximate surface area is 225 Å². The van der Waals surface area contributed by atoms with E-state index in [2.05, 4.69) is 15.3 Å². The van der Waals surface area contributed by atoms with Crippen molar-refractivity contribution in [2.75, 3.05) is 31.5 Å². The molecule has 5 fully saturated rings. The van der Waals surface area contributed by atoms with E-state index in [0.29, 0.717) is 29.3 Å². The highest BCUT2D eigenvalue weighted by atomic mass is 79.9. The van der Waals surface area contributed by atoms with Crippen molar-refractivity contribution < 1.29 is 40.9 Å². The van der Waals surface area contributed by atoms with Gasteiger partial charge in [0.1, 0.15) is 6.54 Å². The van der Waals surface area contributed by atoms with Crippen molar-refractivity contribution in [2.24, 2.45) is 17.8 Å². The Hall–Kier alpha value is -1.58. The molecule has 1 amide bonds. The first kappa shape index (κ1) is 27.5. The number of quaternary nitrogens is 1. The van der Waals surface area contributed by atoms with E-state index in [4.69, 9.17) is 4.74 Å². The summed E-state index contributed by atoms with van der Waals surface area (Å²) < 4.78 is 6.89. The lowest BCUT2D eigenvalue weighted by Gasteiger charge is -2.52. The summed E-state index contributed by atoms with van der Waals surface area (Å²) in [5.41, 5.74) is -1.36. The van der Waals surface area contributed by atoms with Gasteiger partial charge in [-0.05, 0) is 37.5 Å². The fraction of sp³-hybridized carbons (Fsp3) is 0.778. The molecule has 9 heteroatoms. The first-order valence-corrected chi connectivity index (χ1v) is 13.8. The number of aliphatic hydroxyl groups is 1. The highest BCUT2D eigenvalue weighted by Gasteiger charge is 2.54. The fourth-order valence-electron chi connectivity index (χ4n) is 7.41. The van der Waals surface area contributed by atoms with Crippen LogP contribution >= 0.6 is 0 Å². The number of halogens is 1. The molecule has 36 heavy (non-hydrogen) atoms. The van der Waals surface area contributed by atoms with Crippen molar-refractivity contribution in [3.05, 3.63) is 18.6 Å². The van der Waals surface area contributed by atoms with Gasteiger partial charge in [-0.25, -0.2) is 9.78 Å². The molecule has 1 aromatic heterocycles. The highest BCUT2D eigenvalue weighted by molar-refractivity contribution is 5.90. The SMILES string of the molecule is O=C(C[N+]12CCC(CC1)[C@@H](OC(=O)C(O)(C1CCCCC1)C1CCCCC1)C2)Nc1cnccn1.[Br-]. The van der Waals surface area contributed by atoms with Gasteiger partial charge >= 0.3 is 5.97 Å². The van der Waals surface area contributed by atoms with E-state index >= 15 is 0 Å². The van der Waals surface area contributed by atoms with E-state index in [9.17, 15) is 14.7 Å². The van der Waals surface area contributed by atoms with Crippen molar-refractivity contribution in [3.8, 4) is 0 Å². The van der Waals surface area contributed by atoms with Gasteiger partial charge in [0.05, 0.1) is 19.3 Å². The van der Waals surface area contributed by atoms with Gasteiger partial charge in [0.2, 0.25) is 0 Å². The first-order chi connectivity index (χ1) is 17.0. The van der Waals surface area contributed by atoms with E-state index in [0.717, 1.165) is 77.3 Å².